The van der Waals surface area contributed by atoms with Crippen LogP contribution in [0, 0.1) is 11.3 Å². The minimum Gasteiger partial charge on any atom is -0.324 e. The van der Waals surface area contributed by atoms with Gasteiger partial charge in [0.25, 0.3) is 0 Å². The maximum absolute atomic E-state index is 8.73. The van der Waals surface area contributed by atoms with E-state index in [0.717, 1.165) is 31.4 Å². The van der Waals surface area contributed by atoms with Gasteiger partial charge >= 0.3 is 0 Å². The zero-order valence-electron chi connectivity index (χ0n) is 9.03. The minimum absolute atomic E-state index is 0.121. The van der Waals surface area contributed by atoms with Crippen LogP contribution in [-0.4, -0.2) is 9.78 Å². The van der Waals surface area contributed by atoms with Gasteiger partial charge in [-0.3, -0.25) is 4.68 Å². The fraction of sp³-hybridized carbons (Fsp3) is 0.636. The summed E-state index contributed by atoms with van der Waals surface area (Å²) in [5.74, 6) is 0. The second-order valence-electron chi connectivity index (χ2n) is 3.98. The summed E-state index contributed by atoms with van der Waals surface area (Å²) < 4.78 is 1.83. The van der Waals surface area contributed by atoms with Crippen molar-refractivity contribution < 1.29 is 0 Å². The molecular weight excluding hydrogens is 188 g/mol. The van der Waals surface area contributed by atoms with E-state index in [4.69, 9.17) is 11.0 Å². The minimum atomic E-state index is 0.121. The molecule has 1 aliphatic carbocycles. The quantitative estimate of drug-likeness (QED) is 0.789. The first-order valence-electron chi connectivity index (χ1n) is 5.49. The van der Waals surface area contributed by atoms with Gasteiger partial charge in [0.2, 0.25) is 0 Å². The van der Waals surface area contributed by atoms with Gasteiger partial charge in [-0.25, -0.2) is 0 Å². The Balaban J connectivity index is 2.48. The Hall–Kier alpha value is -1.34. The highest BCUT2D eigenvalue weighted by molar-refractivity contribution is 5.32. The summed E-state index contributed by atoms with van der Waals surface area (Å²) in [5.41, 5.74) is 9.57. The number of hydrogen-bond acceptors (Lipinski definition) is 3. The van der Waals surface area contributed by atoms with Crippen LogP contribution >= 0.6 is 0 Å². The molecule has 2 N–H and O–H groups in total. The normalized spacial score (nSPS) is 19.7. The summed E-state index contributed by atoms with van der Waals surface area (Å²) in [6.45, 7) is 2.43. The standard InChI is InChI=1S/C11H16N4/c1-2-9-11-8(13)4-3-5-10(11)15(14-9)7-6-12/h8H,2-5,7,13H2,1H3. The number of nitrogens with zero attached hydrogens (tertiary/aromatic N) is 3. The molecule has 4 nitrogen and oxygen atoms in total. The lowest BCUT2D eigenvalue weighted by Gasteiger charge is -2.19. The van der Waals surface area contributed by atoms with E-state index < -0.39 is 0 Å². The van der Waals surface area contributed by atoms with Gasteiger partial charge < -0.3 is 5.73 Å². The van der Waals surface area contributed by atoms with Crippen LogP contribution in [0.15, 0.2) is 0 Å². The van der Waals surface area contributed by atoms with Crippen molar-refractivity contribution in [1.82, 2.24) is 9.78 Å². The fourth-order valence-corrected chi connectivity index (χ4v) is 2.35. The summed E-state index contributed by atoms with van der Waals surface area (Å²) in [6, 6.07) is 2.27. The molecule has 1 aromatic rings. The van der Waals surface area contributed by atoms with E-state index in [0.29, 0.717) is 6.54 Å². The first kappa shape index (κ1) is 10.2. The van der Waals surface area contributed by atoms with Crippen molar-refractivity contribution in [3.05, 3.63) is 17.0 Å². The van der Waals surface area contributed by atoms with Crippen molar-refractivity contribution >= 4 is 0 Å². The Labute approximate surface area is 89.7 Å². The van der Waals surface area contributed by atoms with Crippen LogP contribution in [0.1, 0.15) is 42.8 Å². The molecule has 1 aromatic heterocycles. The molecule has 0 radical (unpaired) electrons. The molecule has 80 valence electrons. The number of hydrogen-bond donors (Lipinski definition) is 1. The van der Waals surface area contributed by atoms with E-state index in [-0.39, 0.29) is 6.04 Å². The number of nitriles is 1. The van der Waals surface area contributed by atoms with Crippen LogP contribution in [0.25, 0.3) is 0 Å². The van der Waals surface area contributed by atoms with E-state index in [2.05, 4.69) is 18.1 Å². The van der Waals surface area contributed by atoms with E-state index >= 15 is 0 Å². The lowest BCUT2D eigenvalue weighted by molar-refractivity contribution is 0.541. The molecule has 0 bridgehead atoms. The summed E-state index contributed by atoms with van der Waals surface area (Å²) in [5, 5.41) is 13.2. The Morgan fingerprint density at radius 3 is 3.13 bits per heavy atom. The van der Waals surface area contributed by atoms with Crippen molar-refractivity contribution in [1.29, 1.82) is 5.26 Å². The molecule has 0 amide bonds. The largest absolute Gasteiger partial charge is 0.324 e. The van der Waals surface area contributed by atoms with E-state index in [9.17, 15) is 0 Å². The van der Waals surface area contributed by atoms with Crippen LogP contribution < -0.4 is 5.73 Å². The summed E-state index contributed by atoms with van der Waals surface area (Å²) >= 11 is 0. The molecule has 0 saturated heterocycles. The molecule has 0 fully saturated rings. The van der Waals surface area contributed by atoms with E-state index in [1.165, 1.54) is 11.3 Å². The number of aryl methyl sites for hydroxylation is 1. The molecule has 2 rings (SSSR count). The van der Waals surface area contributed by atoms with Crippen LogP contribution in [0.5, 0.6) is 0 Å². The van der Waals surface area contributed by atoms with Crippen molar-refractivity contribution in [2.45, 2.75) is 45.2 Å². The Bertz CT molecular complexity index is 399. The molecule has 4 heteroatoms. The van der Waals surface area contributed by atoms with Crippen molar-refractivity contribution in [2.24, 2.45) is 5.73 Å². The molecule has 0 spiro atoms. The van der Waals surface area contributed by atoms with Gasteiger partial charge in [0.1, 0.15) is 6.54 Å². The predicted octanol–water partition coefficient (Wildman–Crippen LogP) is 1.31. The van der Waals surface area contributed by atoms with Gasteiger partial charge in [0.05, 0.1) is 11.8 Å². The Morgan fingerprint density at radius 1 is 1.67 bits per heavy atom. The van der Waals surface area contributed by atoms with Gasteiger partial charge in [0.15, 0.2) is 0 Å². The third-order valence-corrected chi connectivity index (χ3v) is 3.03. The molecule has 0 saturated carbocycles. The smallest absolute Gasteiger partial charge is 0.128 e. The van der Waals surface area contributed by atoms with Crippen LogP contribution in [-0.2, 0) is 19.4 Å². The maximum atomic E-state index is 8.73. The molecule has 1 unspecified atom stereocenters. The van der Waals surface area contributed by atoms with E-state index in [1.54, 1.807) is 0 Å². The van der Waals surface area contributed by atoms with Crippen LogP contribution in [0.4, 0.5) is 0 Å². The van der Waals surface area contributed by atoms with E-state index in [1.807, 2.05) is 4.68 Å². The summed E-state index contributed by atoms with van der Waals surface area (Å²) in [7, 11) is 0. The molecule has 1 heterocycles. The lowest BCUT2D eigenvalue weighted by atomic mass is 9.91. The molecule has 15 heavy (non-hydrogen) atoms. The second kappa shape index (κ2) is 4.03. The van der Waals surface area contributed by atoms with Gasteiger partial charge in [-0.1, -0.05) is 6.92 Å². The second-order valence-corrected chi connectivity index (χ2v) is 3.98. The zero-order valence-corrected chi connectivity index (χ0v) is 9.03. The zero-order chi connectivity index (χ0) is 10.8. The summed E-state index contributed by atoms with van der Waals surface area (Å²) in [6.07, 6.45) is 4.05. The highest BCUT2D eigenvalue weighted by Gasteiger charge is 2.25. The number of fused-ring (bicyclic) bond motifs is 1. The Kier molecular flexibility index (Phi) is 2.74. The number of rotatable bonds is 2. The van der Waals surface area contributed by atoms with Crippen molar-refractivity contribution in [3.8, 4) is 6.07 Å². The molecular formula is C11H16N4. The van der Waals surface area contributed by atoms with Crippen LogP contribution in [0.3, 0.4) is 0 Å². The summed E-state index contributed by atoms with van der Waals surface area (Å²) in [4.78, 5) is 0. The number of aromatic nitrogens is 2. The first-order valence-corrected chi connectivity index (χ1v) is 5.49. The topological polar surface area (TPSA) is 67.6 Å². The van der Waals surface area contributed by atoms with Gasteiger partial charge in [-0.15, -0.1) is 0 Å². The lowest BCUT2D eigenvalue weighted by Crippen LogP contribution is -2.19. The SMILES string of the molecule is CCc1nn(CC#N)c2c1C(N)CCC2. The van der Waals surface area contributed by atoms with Gasteiger partial charge in [0, 0.05) is 17.3 Å². The fourth-order valence-electron chi connectivity index (χ4n) is 2.35. The molecule has 0 aliphatic heterocycles. The molecule has 0 aromatic carbocycles. The van der Waals surface area contributed by atoms with Crippen LogP contribution in [0.2, 0.25) is 0 Å². The van der Waals surface area contributed by atoms with Crippen molar-refractivity contribution in [3.63, 3.8) is 0 Å². The molecule has 1 atom stereocenters. The van der Waals surface area contributed by atoms with Gasteiger partial charge in [-0.2, -0.15) is 10.4 Å². The third kappa shape index (κ3) is 1.64. The number of nitrogens with two attached hydrogens (primary N) is 1. The highest BCUT2D eigenvalue weighted by Crippen LogP contribution is 2.30. The maximum Gasteiger partial charge on any atom is 0.128 e. The average molecular weight is 204 g/mol. The monoisotopic (exact) mass is 204 g/mol. The van der Waals surface area contributed by atoms with Crippen molar-refractivity contribution in [2.75, 3.05) is 0 Å². The first-order chi connectivity index (χ1) is 7.27. The average Bonchev–Trinajstić information content (AvgIpc) is 2.59. The van der Waals surface area contributed by atoms with Gasteiger partial charge in [-0.05, 0) is 25.7 Å². The molecule has 1 aliphatic rings. The highest BCUT2D eigenvalue weighted by atomic mass is 15.3. The Morgan fingerprint density at radius 2 is 2.47 bits per heavy atom. The third-order valence-electron chi connectivity index (χ3n) is 3.03. The predicted molar refractivity (Wildman–Crippen MR) is 57.1 cm³/mol.